The molecule has 2 aliphatic heterocycles. The van der Waals surface area contributed by atoms with Crippen LogP contribution >= 0.6 is 0 Å². The van der Waals surface area contributed by atoms with Gasteiger partial charge in [0.05, 0.1) is 0 Å². The first-order chi connectivity index (χ1) is 8.22. The Morgan fingerprint density at radius 3 is 2.71 bits per heavy atom. The molecule has 2 fully saturated rings. The Balaban J connectivity index is 1.93. The van der Waals surface area contributed by atoms with Gasteiger partial charge in [-0.3, -0.25) is 4.90 Å². The van der Waals surface area contributed by atoms with Crippen LogP contribution in [0.1, 0.15) is 39.5 Å². The summed E-state index contributed by atoms with van der Waals surface area (Å²) in [6, 6.07) is 2.35. The van der Waals surface area contributed by atoms with Gasteiger partial charge in [0.1, 0.15) is 0 Å². The second-order valence-electron chi connectivity index (χ2n) is 5.84. The van der Waals surface area contributed by atoms with E-state index >= 15 is 0 Å². The molecule has 3 unspecified atom stereocenters. The average Bonchev–Trinajstić information content (AvgIpc) is 2.36. The van der Waals surface area contributed by atoms with Crippen LogP contribution in [0.4, 0.5) is 0 Å². The highest BCUT2D eigenvalue weighted by molar-refractivity contribution is 4.88. The first-order valence-corrected chi connectivity index (χ1v) is 7.39. The zero-order valence-corrected chi connectivity index (χ0v) is 11.8. The molecule has 3 heteroatoms. The van der Waals surface area contributed by atoms with Gasteiger partial charge in [0.25, 0.3) is 0 Å². The number of piperidine rings is 2. The van der Waals surface area contributed by atoms with Crippen LogP contribution < -0.4 is 5.32 Å². The molecule has 0 amide bonds. The topological polar surface area (TPSA) is 18.5 Å². The molecule has 2 saturated heterocycles. The van der Waals surface area contributed by atoms with Gasteiger partial charge in [0.2, 0.25) is 0 Å². The van der Waals surface area contributed by atoms with Crippen LogP contribution in [-0.4, -0.2) is 61.2 Å². The SMILES string of the molecule is CCN(C1CCCNC1)C1CCN(C)C(C)C1. The number of likely N-dealkylation sites (N-methyl/N-ethyl adjacent to an activating group) is 1. The summed E-state index contributed by atoms with van der Waals surface area (Å²) >= 11 is 0. The molecule has 3 atom stereocenters. The van der Waals surface area contributed by atoms with Crippen molar-refractivity contribution in [3.63, 3.8) is 0 Å². The standard InChI is InChI=1S/C14H29N3/c1-4-17(14-6-5-8-15-11-14)13-7-9-16(3)12(2)10-13/h12-15H,4-11H2,1-3H3. The molecule has 2 rings (SSSR count). The smallest absolute Gasteiger partial charge is 0.0223 e. The number of nitrogens with one attached hydrogen (secondary N) is 1. The quantitative estimate of drug-likeness (QED) is 0.806. The summed E-state index contributed by atoms with van der Waals surface area (Å²) in [6.07, 6.45) is 5.44. The van der Waals surface area contributed by atoms with Gasteiger partial charge in [0, 0.05) is 24.7 Å². The minimum Gasteiger partial charge on any atom is -0.315 e. The van der Waals surface area contributed by atoms with E-state index in [0.29, 0.717) is 0 Å². The van der Waals surface area contributed by atoms with E-state index in [0.717, 1.165) is 18.1 Å². The number of hydrogen-bond donors (Lipinski definition) is 1. The molecule has 2 aliphatic rings. The van der Waals surface area contributed by atoms with Crippen LogP contribution in [0.25, 0.3) is 0 Å². The monoisotopic (exact) mass is 239 g/mol. The highest BCUT2D eigenvalue weighted by Crippen LogP contribution is 2.24. The van der Waals surface area contributed by atoms with Gasteiger partial charge in [-0.25, -0.2) is 0 Å². The van der Waals surface area contributed by atoms with Crippen LogP contribution in [0.3, 0.4) is 0 Å². The third kappa shape index (κ3) is 3.21. The highest BCUT2D eigenvalue weighted by atomic mass is 15.2. The summed E-state index contributed by atoms with van der Waals surface area (Å²) in [4.78, 5) is 5.28. The van der Waals surface area contributed by atoms with E-state index in [4.69, 9.17) is 0 Å². The Morgan fingerprint density at radius 1 is 1.29 bits per heavy atom. The fraction of sp³-hybridized carbons (Fsp3) is 1.00. The molecule has 0 saturated carbocycles. The van der Waals surface area contributed by atoms with E-state index in [9.17, 15) is 0 Å². The number of hydrogen-bond acceptors (Lipinski definition) is 3. The van der Waals surface area contributed by atoms with Crippen molar-refractivity contribution in [1.82, 2.24) is 15.1 Å². The molecule has 0 radical (unpaired) electrons. The maximum Gasteiger partial charge on any atom is 0.0223 e. The van der Waals surface area contributed by atoms with Crippen molar-refractivity contribution >= 4 is 0 Å². The Bertz CT molecular complexity index is 226. The molecule has 100 valence electrons. The zero-order valence-electron chi connectivity index (χ0n) is 11.8. The van der Waals surface area contributed by atoms with E-state index in [1.54, 1.807) is 0 Å². The van der Waals surface area contributed by atoms with Crippen LogP contribution in [0.15, 0.2) is 0 Å². The second kappa shape index (κ2) is 6.17. The van der Waals surface area contributed by atoms with Crippen molar-refractivity contribution in [3.05, 3.63) is 0 Å². The molecule has 2 heterocycles. The van der Waals surface area contributed by atoms with E-state index in [2.05, 4.69) is 36.0 Å². The predicted octanol–water partition coefficient (Wildman–Crippen LogP) is 1.54. The third-order valence-electron chi connectivity index (χ3n) is 4.75. The normalized spacial score (nSPS) is 36.4. The largest absolute Gasteiger partial charge is 0.315 e. The number of nitrogens with zero attached hydrogens (tertiary/aromatic N) is 2. The van der Waals surface area contributed by atoms with Crippen molar-refractivity contribution in [2.75, 3.05) is 33.2 Å². The molecule has 0 aromatic rings. The molecule has 3 nitrogen and oxygen atoms in total. The summed E-state index contributed by atoms with van der Waals surface area (Å²) in [6.45, 7) is 9.61. The van der Waals surface area contributed by atoms with E-state index in [1.165, 1.54) is 51.9 Å². The lowest BCUT2D eigenvalue weighted by atomic mass is 9.94. The number of rotatable bonds is 3. The third-order valence-corrected chi connectivity index (χ3v) is 4.75. The maximum absolute atomic E-state index is 3.56. The number of likely N-dealkylation sites (tertiary alicyclic amines) is 1. The fourth-order valence-corrected chi connectivity index (χ4v) is 3.50. The van der Waals surface area contributed by atoms with Gasteiger partial charge in [-0.15, -0.1) is 0 Å². The first kappa shape index (κ1) is 13.3. The van der Waals surface area contributed by atoms with Gasteiger partial charge in [-0.2, -0.15) is 0 Å². The van der Waals surface area contributed by atoms with Crippen LogP contribution in [0.5, 0.6) is 0 Å². The van der Waals surface area contributed by atoms with Gasteiger partial charge < -0.3 is 10.2 Å². The summed E-state index contributed by atoms with van der Waals surface area (Å²) in [5, 5.41) is 3.56. The Labute approximate surface area is 107 Å². The maximum atomic E-state index is 3.56. The summed E-state index contributed by atoms with van der Waals surface area (Å²) in [5.41, 5.74) is 0. The average molecular weight is 239 g/mol. The van der Waals surface area contributed by atoms with Crippen LogP contribution in [0, 0.1) is 0 Å². The molecule has 0 aromatic heterocycles. The van der Waals surface area contributed by atoms with Crippen molar-refractivity contribution in [2.24, 2.45) is 0 Å². The van der Waals surface area contributed by atoms with Crippen molar-refractivity contribution in [2.45, 2.75) is 57.7 Å². The fourth-order valence-electron chi connectivity index (χ4n) is 3.50. The van der Waals surface area contributed by atoms with Crippen molar-refractivity contribution < 1.29 is 0 Å². The predicted molar refractivity (Wildman–Crippen MR) is 73.4 cm³/mol. The van der Waals surface area contributed by atoms with E-state index < -0.39 is 0 Å². The lowest BCUT2D eigenvalue weighted by molar-refractivity contribution is 0.0527. The molecular formula is C14H29N3. The molecular weight excluding hydrogens is 210 g/mol. The van der Waals surface area contributed by atoms with Crippen molar-refractivity contribution in [1.29, 1.82) is 0 Å². The van der Waals surface area contributed by atoms with Gasteiger partial charge in [-0.1, -0.05) is 6.92 Å². The Hall–Kier alpha value is -0.120. The van der Waals surface area contributed by atoms with E-state index in [-0.39, 0.29) is 0 Å². The molecule has 17 heavy (non-hydrogen) atoms. The molecule has 0 aliphatic carbocycles. The minimum absolute atomic E-state index is 0.749. The first-order valence-electron chi connectivity index (χ1n) is 7.39. The van der Waals surface area contributed by atoms with Gasteiger partial charge in [0.15, 0.2) is 0 Å². The Kier molecular flexibility index (Phi) is 4.83. The van der Waals surface area contributed by atoms with Gasteiger partial charge in [-0.05, 0) is 59.3 Å². The van der Waals surface area contributed by atoms with E-state index in [1.807, 2.05) is 0 Å². The van der Waals surface area contributed by atoms with Gasteiger partial charge >= 0.3 is 0 Å². The molecule has 0 bridgehead atoms. The summed E-state index contributed by atoms with van der Waals surface area (Å²) in [5.74, 6) is 0. The molecule has 0 aromatic carbocycles. The van der Waals surface area contributed by atoms with Crippen molar-refractivity contribution in [3.8, 4) is 0 Å². The summed E-state index contributed by atoms with van der Waals surface area (Å²) in [7, 11) is 2.26. The van der Waals surface area contributed by atoms with Crippen LogP contribution in [-0.2, 0) is 0 Å². The lowest BCUT2D eigenvalue weighted by Gasteiger charge is -2.45. The Morgan fingerprint density at radius 2 is 2.12 bits per heavy atom. The molecule has 1 N–H and O–H groups in total. The summed E-state index contributed by atoms with van der Waals surface area (Å²) < 4.78 is 0. The zero-order chi connectivity index (χ0) is 12.3. The highest BCUT2D eigenvalue weighted by Gasteiger charge is 2.31. The lowest BCUT2D eigenvalue weighted by Crippen LogP contribution is -2.54. The molecule has 0 spiro atoms. The minimum atomic E-state index is 0.749. The second-order valence-corrected chi connectivity index (χ2v) is 5.84. The van der Waals surface area contributed by atoms with Crippen LogP contribution in [0.2, 0.25) is 0 Å².